The van der Waals surface area contributed by atoms with Crippen LogP contribution < -0.4 is 16.0 Å². The highest BCUT2D eigenvalue weighted by Crippen LogP contribution is 2.20. The molecule has 0 saturated carbocycles. The van der Waals surface area contributed by atoms with E-state index in [1.54, 1.807) is 19.9 Å². The van der Waals surface area contributed by atoms with Crippen LogP contribution in [0.2, 0.25) is 0 Å². The molecule has 2 fully saturated rings. The molecule has 2 aliphatic heterocycles. The average molecular weight is 559 g/mol. The minimum Gasteiger partial charge on any atom is -0.454 e. The number of nitrogens with zero attached hydrogens (tertiary/aromatic N) is 1. The van der Waals surface area contributed by atoms with Crippen molar-refractivity contribution in [2.45, 2.75) is 91.3 Å². The predicted octanol–water partition coefficient (Wildman–Crippen LogP) is 1.84. The van der Waals surface area contributed by atoms with Crippen molar-refractivity contribution < 1.29 is 33.4 Å². The summed E-state index contributed by atoms with van der Waals surface area (Å²) >= 11 is 0. The van der Waals surface area contributed by atoms with Crippen molar-refractivity contribution in [2.75, 3.05) is 19.8 Å². The van der Waals surface area contributed by atoms with Crippen LogP contribution in [-0.4, -0.2) is 72.4 Å². The lowest BCUT2D eigenvalue weighted by Crippen LogP contribution is -2.55. The molecular weight excluding hydrogens is 516 g/mol. The fourth-order valence-electron chi connectivity index (χ4n) is 5.28. The topological polar surface area (TPSA) is 153 Å². The van der Waals surface area contributed by atoms with Crippen LogP contribution in [0.1, 0.15) is 79.7 Å². The van der Waals surface area contributed by atoms with Gasteiger partial charge in [-0.05, 0) is 76.8 Å². The van der Waals surface area contributed by atoms with E-state index in [2.05, 4.69) is 20.9 Å². The predicted molar refractivity (Wildman–Crippen MR) is 146 cm³/mol. The molecule has 4 atom stereocenters. The first-order chi connectivity index (χ1) is 19.0. The molecule has 0 aromatic carbocycles. The minimum absolute atomic E-state index is 0.0617. The lowest BCUT2D eigenvalue weighted by atomic mass is 9.90. The van der Waals surface area contributed by atoms with Crippen molar-refractivity contribution in [2.24, 2.45) is 11.8 Å². The first kappa shape index (κ1) is 31.2. The maximum atomic E-state index is 13.4. The number of Topliss-reactive ketones (excluding diaryl/α,β-unsaturated/α-hetero) is 1. The van der Waals surface area contributed by atoms with Gasteiger partial charge < -0.3 is 25.4 Å². The van der Waals surface area contributed by atoms with Gasteiger partial charge in [-0.25, -0.2) is 4.79 Å². The molecule has 3 N–H and O–H groups in total. The van der Waals surface area contributed by atoms with E-state index in [-0.39, 0.29) is 24.2 Å². The summed E-state index contributed by atoms with van der Waals surface area (Å²) in [7, 11) is 0. The summed E-state index contributed by atoms with van der Waals surface area (Å²) in [5, 5.41) is 8.33. The Labute approximate surface area is 235 Å². The zero-order valence-corrected chi connectivity index (χ0v) is 24.1. The van der Waals surface area contributed by atoms with Crippen LogP contribution in [0.4, 0.5) is 0 Å². The smallest absolute Gasteiger partial charge is 0.340 e. The summed E-state index contributed by atoms with van der Waals surface area (Å²) in [4.78, 5) is 69.1. The first-order valence-electron chi connectivity index (χ1n) is 14.1. The van der Waals surface area contributed by atoms with Crippen LogP contribution in [0.5, 0.6) is 0 Å². The Morgan fingerprint density at radius 2 is 1.85 bits per heavy atom. The normalized spacial score (nSPS) is 20.4. The van der Waals surface area contributed by atoms with Crippen LogP contribution in [0.3, 0.4) is 0 Å². The molecule has 0 unspecified atom stereocenters. The van der Waals surface area contributed by atoms with Gasteiger partial charge in [0.2, 0.25) is 17.7 Å². The Morgan fingerprint density at radius 3 is 2.48 bits per heavy atom. The number of ether oxygens (including phenoxy) is 2. The van der Waals surface area contributed by atoms with Crippen molar-refractivity contribution in [1.29, 1.82) is 0 Å². The molecule has 3 rings (SSSR count). The molecule has 1 aromatic rings. The third-order valence-electron chi connectivity index (χ3n) is 7.26. The summed E-state index contributed by atoms with van der Waals surface area (Å²) < 4.78 is 10.8. The maximum absolute atomic E-state index is 13.4. The highest BCUT2D eigenvalue weighted by atomic mass is 16.5. The maximum Gasteiger partial charge on any atom is 0.340 e. The van der Waals surface area contributed by atoms with Crippen molar-refractivity contribution in [3.63, 3.8) is 0 Å². The molecule has 220 valence electrons. The van der Waals surface area contributed by atoms with Crippen LogP contribution in [0.25, 0.3) is 0 Å². The summed E-state index contributed by atoms with van der Waals surface area (Å²) in [6.45, 7) is 9.62. The number of aryl methyl sites for hydroxylation is 3. The Morgan fingerprint density at radius 1 is 1.10 bits per heavy atom. The van der Waals surface area contributed by atoms with Crippen LogP contribution in [-0.2, 0) is 28.7 Å². The zero-order chi connectivity index (χ0) is 29.4. The monoisotopic (exact) mass is 558 g/mol. The van der Waals surface area contributed by atoms with Gasteiger partial charge in [-0.2, -0.15) is 0 Å². The van der Waals surface area contributed by atoms with Gasteiger partial charge in [0.15, 0.2) is 12.4 Å². The Bertz CT molecular complexity index is 1090. The highest BCUT2D eigenvalue weighted by Gasteiger charge is 2.34. The number of hydrogen-bond donors (Lipinski definition) is 3. The molecule has 0 radical (unpaired) electrons. The van der Waals surface area contributed by atoms with Gasteiger partial charge in [-0.15, -0.1) is 0 Å². The van der Waals surface area contributed by atoms with E-state index in [9.17, 15) is 24.0 Å². The standard InChI is InChI=1S/C29H42N4O7/c1-16(2)12-22(33-28(37)24-9-7-11-39-24)27(36)32-21(14-20-8-6-10-30-26(20)35)23(34)15-40-29(38)25-17(3)13-18(4)31-19(25)5/h13,16,20-22,24H,6-12,14-15H2,1-5H3,(H,30,35)(H,32,36)(H,33,37)/t20-,21-,22-,24+/m0/s1. The van der Waals surface area contributed by atoms with Crippen LogP contribution in [0.15, 0.2) is 6.07 Å². The molecule has 2 saturated heterocycles. The Kier molecular flexibility index (Phi) is 11.2. The van der Waals surface area contributed by atoms with E-state index < -0.39 is 48.4 Å². The van der Waals surface area contributed by atoms with E-state index in [1.807, 2.05) is 20.8 Å². The molecular formula is C29H42N4O7. The molecule has 0 spiro atoms. The van der Waals surface area contributed by atoms with Gasteiger partial charge in [0, 0.05) is 24.8 Å². The molecule has 2 aliphatic rings. The van der Waals surface area contributed by atoms with E-state index in [0.717, 1.165) is 18.5 Å². The Hall–Kier alpha value is -3.34. The van der Waals surface area contributed by atoms with E-state index >= 15 is 0 Å². The molecule has 40 heavy (non-hydrogen) atoms. The molecule has 1 aromatic heterocycles. The zero-order valence-electron chi connectivity index (χ0n) is 24.1. The number of rotatable bonds is 12. The van der Waals surface area contributed by atoms with Crippen LogP contribution >= 0.6 is 0 Å². The lowest BCUT2D eigenvalue weighted by Gasteiger charge is -2.28. The van der Waals surface area contributed by atoms with Crippen molar-refractivity contribution in [3.05, 3.63) is 28.6 Å². The van der Waals surface area contributed by atoms with E-state index in [4.69, 9.17) is 9.47 Å². The van der Waals surface area contributed by atoms with Crippen molar-refractivity contribution in [3.8, 4) is 0 Å². The van der Waals surface area contributed by atoms with E-state index in [0.29, 0.717) is 49.2 Å². The van der Waals surface area contributed by atoms with E-state index in [1.165, 1.54) is 0 Å². The molecule has 11 nitrogen and oxygen atoms in total. The van der Waals surface area contributed by atoms with Crippen LogP contribution in [0, 0.1) is 32.6 Å². The Balaban J connectivity index is 1.73. The number of hydrogen-bond acceptors (Lipinski definition) is 8. The van der Waals surface area contributed by atoms with Crippen molar-refractivity contribution >= 4 is 29.5 Å². The SMILES string of the molecule is Cc1cc(C)c(C(=O)OCC(=O)[C@H](C[C@@H]2CCCNC2=O)NC(=O)[C@H](CC(C)C)NC(=O)[C@H]2CCCO2)c(C)n1. The minimum atomic E-state index is -1.08. The summed E-state index contributed by atoms with van der Waals surface area (Å²) in [5.74, 6) is -2.70. The van der Waals surface area contributed by atoms with Gasteiger partial charge in [0.25, 0.3) is 0 Å². The van der Waals surface area contributed by atoms with Gasteiger partial charge in [0.1, 0.15) is 12.1 Å². The number of ketones is 1. The third-order valence-corrected chi connectivity index (χ3v) is 7.26. The van der Waals surface area contributed by atoms with Gasteiger partial charge >= 0.3 is 5.97 Å². The lowest BCUT2D eigenvalue weighted by molar-refractivity contribution is -0.136. The number of esters is 1. The molecule has 11 heteroatoms. The summed E-state index contributed by atoms with van der Waals surface area (Å²) in [6, 6.07) is -0.212. The number of carbonyl (C=O) groups is 5. The summed E-state index contributed by atoms with van der Waals surface area (Å²) in [5.41, 5.74) is 2.24. The number of aromatic nitrogens is 1. The number of piperidine rings is 1. The second-order valence-electron chi connectivity index (χ2n) is 11.2. The number of pyridine rings is 1. The second-order valence-corrected chi connectivity index (χ2v) is 11.2. The van der Waals surface area contributed by atoms with Gasteiger partial charge in [-0.1, -0.05) is 13.8 Å². The third kappa shape index (κ3) is 8.58. The summed E-state index contributed by atoms with van der Waals surface area (Å²) in [6.07, 6.45) is 2.50. The fraction of sp³-hybridized carbons (Fsp3) is 0.655. The van der Waals surface area contributed by atoms with Crippen molar-refractivity contribution in [1.82, 2.24) is 20.9 Å². The van der Waals surface area contributed by atoms with Gasteiger partial charge in [-0.3, -0.25) is 24.2 Å². The first-order valence-corrected chi connectivity index (χ1v) is 14.1. The average Bonchev–Trinajstić information content (AvgIpc) is 3.42. The largest absolute Gasteiger partial charge is 0.454 e. The molecule has 3 amide bonds. The number of nitrogens with one attached hydrogen (secondary N) is 3. The quantitative estimate of drug-likeness (QED) is 0.329. The molecule has 0 aliphatic carbocycles. The molecule has 0 bridgehead atoms. The highest BCUT2D eigenvalue weighted by molar-refractivity contribution is 5.97. The molecule has 3 heterocycles. The second kappa shape index (κ2) is 14.3. The van der Waals surface area contributed by atoms with Gasteiger partial charge in [0.05, 0.1) is 17.3 Å². The fourth-order valence-corrected chi connectivity index (χ4v) is 5.28. The number of amides is 3. The number of carbonyl (C=O) groups excluding carboxylic acids is 5.